The number of nitrogens with zero attached hydrogens (tertiary/aromatic N) is 3. The van der Waals surface area contributed by atoms with Crippen LogP contribution in [0, 0.1) is 0 Å². The van der Waals surface area contributed by atoms with Crippen LogP contribution in [0.4, 0.5) is 0 Å². The van der Waals surface area contributed by atoms with Gasteiger partial charge >= 0.3 is 0 Å². The van der Waals surface area contributed by atoms with Gasteiger partial charge in [-0.3, -0.25) is 4.79 Å². The molecule has 2 aromatic rings. The lowest BCUT2D eigenvalue weighted by Crippen LogP contribution is -2.42. The molecule has 0 aliphatic rings. The summed E-state index contributed by atoms with van der Waals surface area (Å²) in [5, 5.41) is 17.0. The first-order chi connectivity index (χ1) is 9.49. The molecule has 0 unspecified atom stereocenters. The van der Waals surface area contributed by atoms with E-state index in [1.54, 1.807) is 12.4 Å². The molecule has 20 heavy (non-hydrogen) atoms. The van der Waals surface area contributed by atoms with Gasteiger partial charge in [-0.2, -0.15) is 5.10 Å². The molecular formula is C13H17BrN4O2. The third-order valence-electron chi connectivity index (χ3n) is 3.46. The maximum Gasteiger partial charge on any atom is 0.256 e. The largest absolute Gasteiger partial charge is 0.388 e. The second kappa shape index (κ2) is 5.88. The zero-order valence-corrected chi connectivity index (χ0v) is 13.0. The molecule has 6 nitrogen and oxygen atoms in total. The number of carbonyl (C=O) groups excluding carboxylic acids is 1. The number of aromatic nitrogens is 3. The lowest BCUT2D eigenvalue weighted by molar-refractivity contribution is 0.0314. The number of halogens is 1. The normalized spacial score (nSPS) is 11.8. The Hall–Kier alpha value is -1.47. The number of aliphatic hydroxyl groups is 1. The number of nitrogens with one attached hydrogen (secondary N) is 1. The predicted octanol–water partition coefficient (Wildman–Crippen LogP) is 1.77. The van der Waals surface area contributed by atoms with E-state index in [9.17, 15) is 9.90 Å². The number of amides is 1. The van der Waals surface area contributed by atoms with Crippen molar-refractivity contribution in [2.45, 2.75) is 32.3 Å². The maximum atomic E-state index is 12.2. The van der Waals surface area contributed by atoms with Crippen LogP contribution in [0.25, 0.3) is 5.65 Å². The van der Waals surface area contributed by atoms with Gasteiger partial charge in [-0.25, -0.2) is 9.50 Å². The Morgan fingerprint density at radius 1 is 1.45 bits per heavy atom. The zero-order valence-electron chi connectivity index (χ0n) is 11.4. The van der Waals surface area contributed by atoms with E-state index in [4.69, 9.17) is 0 Å². The van der Waals surface area contributed by atoms with Gasteiger partial charge in [-0.1, -0.05) is 13.8 Å². The Kier molecular flexibility index (Phi) is 4.39. The quantitative estimate of drug-likeness (QED) is 0.869. The fraction of sp³-hybridized carbons (Fsp3) is 0.462. The van der Waals surface area contributed by atoms with Crippen molar-refractivity contribution in [3.63, 3.8) is 0 Å². The van der Waals surface area contributed by atoms with Crippen LogP contribution < -0.4 is 5.32 Å². The highest BCUT2D eigenvalue weighted by molar-refractivity contribution is 9.10. The van der Waals surface area contributed by atoms with Crippen molar-refractivity contribution >= 4 is 27.5 Å². The van der Waals surface area contributed by atoms with Gasteiger partial charge in [-0.15, -0.1) is 0 Å². The van der Waals surface area contributed by atoms with E-state index in [0.717, 1.165) is 4.47 Å². The molecule has 0 fully saturated rings. The van der Waals surface area contributed by atoms with Crippen molar-refractivity contribution in [3.05, 3.63) is 28.6 Å². The molecule has 0 bridgehead atoms. The van der Waals surface area contributed by atoms with Crippen molar-refractivity contribution in [1.82, 2.24) is 19.9 Å². The topological polar surface area (TPSA) is 79.5 Å². The summed E-state index contributed by atoms with van der Waals surface area (Å²) >= 11 is 3.30. The van der Waals surface area contributed by atoms with Crippen LogP contribution in [-0.2, 0) is 0 Å². The highest BCUT2D eigenvalue weighted by Gasteiger charge is 2.24. The van der Waals surface area contributed by atoms with Gasteiger partial charge in [0.05, 0.1) is 16.3 Å². The van der Waals surface area contributed by atoms with Gasteiger partial charge in [-0.05, 0) is 28.8 Å². The van der Waals surface area contributed by atoms with Crippen molar-refractivity contribution in [2.75, 3.05) is 6.54 Å². The lowest BCUT2D eigenvalue weighted by atomic mass is 9.97. The van der Waals surface area contributed by atoms with Crippen LogP contribution in [0.15, 0.2) is 23.1 Å². The molecule has 0 saturated heterocycles. The first-order valence-electron chi connectivity index (χ1n) is 6.48. The number of hydrogen-bond acceptors (Lipinski definition) is 4. The van der Waals surface area contributed by atoms with E-state index in [0.29, 0.717) is 24.1 Å². The van der Waals surface area contributed by atoms with Crippen molar-refractivity contribution in [3.8, 4) is 0 Å². The molecule has 0 aromatic carbocycles. The number of hydrogen-bond donors (Lipinski definition) is 2. The molecule has 2 aromatic heterocycles. The minimum absolute atomic E-state index is 0.215. The SMILES string of the molecule is CCC(O)(CC)CNC(=O)c1cnn2cc(Br)cnc12. The van der Waals surface area contributed by atoms with Crippen LogP contribution in [0.5, 0.6) is 0 Å². The minimum atomic E-state index is -0.866. The molecule has 0 spiro atoms. The zero-order chi connectivity index (χ0) is 14.8. The first-order valence-corrected chi connectivity index (χ1v) is 7.28. The van der Waals surface area contributed by atoms with E-state index in [1.165, 1.54) is 10.7 Å². The predicted molar refractivity (Wildman–Crippen MR) is 78.6 cm³/mol. The fourth-order valence-corrected chi connectivity index (χ4v) is 2.15. The Bertz CT molecular complexity index is 622. The molecule has 0 radical (unpaired) electrons. The van der Waals surface area contributed by atoms with Crippen LogP contribution in [0.1, 0.15) is 37.0 Å². The Morgan fingerprint density at radius 3 is 2.80 bits per heavy atom. The van der Waals surface area contributed by atoms with Gasteiger partial charge in [0, 0.05) is 18.9 Å². The molecule has 1 amide bonds. The van der Waals surface area contributed by atoms with Crippen molar-refractivity contribution < 1.29 is 9.90 Å². The summed E-state index contributed by atoms with van der Waals surface area (Å²) in [5.41, 5.74) is 0.0176. The van der Waals surface area contributed by atoms with Gasteiger partial charge in [0.25, 0.3) is 5.91 Å². The van der Waals surface area contributed by atoms with Crippen LogP contribution in [0.2, 0.25) is 0 Å². The summed E-state index contributed by atoms with van der Waals surface area (Å²) in [7, 11) is 0. The molecule has 2 N–H and O–H groups in total. The highest BCUT2D eigenvalue weighted by atomic mass is 79.9. The Balaban J connectivity index is 2.16. The standard InChI is InChI=1S/C13H17BrN4O2/c1-3-13(20,4-2)8-16-12(19)10-6-17-18-7-9(14)5-15-11(10)18/h5-7,20H,3-4,8H2,1-2H3,(H,16,19). The average molecular weight is 341 g/mol. The molecule has 0 saturated carbocycles. The molecule has 2 heterocycles. The van der Waals surface area contributed by atoms with E-state index in [-0.39, 0.29) is 12.5 Å². The second-order valence-electron chi connectivity index (χ2n) is 4.71. The fourth-order valence-electron chi connectivity index (χ4n) is 1.85. The molecular weight excluding hydrogens is 324 g/mol. The molecule has 7 heteroatoms. The third kappa shape index (κ3) is 2.99. The van der Waals surface area contributed by atoms with Gasteiger partial charge < -0.3 is 10.4 Å². The summed E-state index contributed by atoms with van der Waals surface area (Å²) in [4.78, 5) is 16.3. The summed E-state index contributed by atoms with van der Waals surface area (Å²) in [6, 6.07) is 0. The molecule has 108 valence electrons. The summed E-state index contributed by atoms with van der Waals surface area (Å²) < 4.78 is 2.32. The highest BCUT2D eigenvalue weighted by Crippen LogP contribution is 2.15. The molecule has 0 atom stereocenters. The Labute approximate surface area is 125 Å². The van der Waals surface area contributed by atoms with E-state index in [1.807, 2.05) is 13.8 Å². The molecule has 0 aliphatic carbocycles. The molecule has 2 rings (SSSR count). The van der Waals surface area contributed by atoms with E-state index < -0.39 is 5.60 Å². The van der Waals surface area contributed by atoms with Crippen LogP contribution >= 0.6 is 15.9 Å². The van der Waals surface area contributed by atoms with E-state index in [2.05, 4.69) is 31.3 Å². The number of carbonyl (C=O) groups is 1. The van der Waals surface area contributed by atoms with E-state index >= 15 is 0 Å². The van der Waals surface area contributed by atoms with Crippen molar-refractivity contribution in [2.24, 2.45) is 0 Å². The van der Waals surface area contributed by atoms with Crippen LogP contribution in [-0.4, -0.2) is 37.8 Å². The van der Waals surface area contributed by atoms with Gasteiger partial charge in [0.15, 0.2) is 5.65 Å². The van der Waals surface area contributed by atoms with Gasteiger partial charge in [0.2, 0.25) is 0 Å². The molecule has 0 aliphatic heterocycles. The second-order valence-corrected chi connectivity index (χ2v) is 5.63. The third-order valence-corrected chi connectivity index (χ3v) is 3.87. The summed E-state index contributed by atoms with van der Waals surface area (Å²) in [6.07, 6.45) is 5.99. The smallest absolute Gasteiger partial charge is 0.256 e. The maximum absolute atomic E-state index is 12.2. The number of rotatable bonds is 5. The van der Waals surface area contributed by atoms with Crippen LogP contribution in [0.3, 0.4) is 0 Å². The average Bonchev–Trinajstić information content (AvgIpc) is 2.87. The number of fused-ring (bicyclic) bond motifs is 1. The summed E-state index contributed by atoms with van der Waals surface area (Å²) in [5.74, 6) is -0.282. The monoisotopic (exact) mass is 340 g/mol. The lowest BCUT2D eigenvalue weighted by Gasteiger charge is -2.25. The first kappa shape index (κ1) is 14.9. The Morgan fingerprint density at radius 2 is 2.15 bits per heavy atom. The minimum Gasteiger partial charge on any atom is -0.388 e. The van der Waals surface area contributed by atoms with Crippen molar-refractivity contribution in [1.29, 1.82) is 0 Å². The van der Waals surface area contributed by atoms with Gasteiger partial charge in [0.1, 0.15) is 5.56 Å². The summed E-state index contributed by atoms with van der Waals surface area (Å²) in [6.45, 7) is 4.00.